The minimum Gasteiger partial charge on any atom is -0.487 e. The highest BCUT2D eigenvalue weighted by molar-refractivity contribution is 5.90. The van der Waals surface area contributed by atoms with Crippen LogP contribution in [0, 0.1) is 6.92 Å². The molecule has 1 heterocycles. The fraction of sp³-hybridized carbons (Fsp3) is 0.167. The molecule has 2 aromatic carbocycles. The van der Waals surface area contributed by atoms with Gasteiger partial charge in [0.05, 0.1) is 6.20 Å². The lowest BCUT2D eigenvalue weighted by molar-refractivity contribution is -0.116. The minimum atomic E-state index is -0.153. The highest BCUT2D eigenvalue weighted by atomic mass is 16.5. The summed E-state index contributed by atoms with van der Waals surface area (Å²) in [5, 5.41) is 10.8. The number of para-hydroxylation sites is 1. The number of benzene rings is 2. The van der Waals surface area contributed by atoms with E-state index in [9.17, 15) is 4.79 Å². The van der Waals surface area contributed by atoms with Crippen molar-refractivity contribution in [2.24, 2.45) is 0 Å². The molecular formula is C18H18N4O2. The number of nitrogens with zero attached hydrogens (tertiary/aromatic N) is 3. The number of amides is 1. The van der Waals surface area contributed by atoms with Gasteiger partial charge in [0.2, 0.25) is 5.91 Å². The molecule has 0 fully saturated rings. The first kappa shape index (κ1) is 15.7. The van der Waals surface area contributed by atoms with Crippen molar-refractivity contribution in [2.45, 2.75) is 20.1 Å². The summed E-state index contributed by atoms with van der Waals surface area (Å²) >= 11 is 0. The summed E-state index contributed by atoms with van der Waals surface area (Å²) in [5.41, 5.74) is 2.58. The Hall–Kier alpha value is -3.15. The lowest BCUT2D eigenvalue weighted by atomic mass is 10.2. The maximum Gasteiger partial charge on any atom is 0.246 e. The number of nitrogens with one attached hydrogen (secondary N) is 1. The average molecular weight is 322 g/mol. The van der Waals surface area contributed by atoms with Crippen LogP contribution in [0.3, 0.4) is 0 Å². The molecule has 0 spiro atoms. The fourth-order valence-corrected chi connectivity index (χ4v) is 2.14. The van der Waals surface area contributed by atoms with E-state index in [0.29, 0.717) is 12.3 Å². The van der Waals surface area contributed by atoms with Crippen molar-refractivity contribution in [3.8, 4) is 5.75 Å². The van der Waals surface area contributed by atoms with Gasteiger partial charge in [-0.2, -0.15) is 0 Å². The van der Waals surface area contributed by atoms with Gasteiger partial charge in [0.1, 0.15) is 24.6 Å². The molecule has 3 aromatic rings. The number of carbonyl (C=O) groups is 1. The standard InChI is InChI=1S/C18H18N4O2/c1-14-7-9-15(10-8-14)19-18(23)12-22-11-16(20-21-22)13-24-17-5-3-2-4-6-17/h2-11H,12-13H2,1H3,(H,19,23). The minimum absolute atomic E-state index is 0.103. The summed E-state index contributed by atoms with van der Waals surface area (Å²) < 4.78 is 7.09. The first-order chi connectivity index (χ1) is 11.7. The summed E-state index contributed by atoms with van der Waals surface area (Å²) in [4.78, 5) is 12.0. The van der Waals surface area contributed by atoms with Gasteiger partial charge >= 0.3 is 0 Å². The normalized spacial score (nSPS) is 10.4. The molecule has 0 bridgehead atoms. The fourth-order valence-electron chi connectivity index (χ4n) is 2.14. The first-order valence-corrected chi connectivity index (χ1v) is 7.62. The molecule has 122 valence electrons. The highest BCUT2D eigenvalue weighted by Crippen LogP contribution is 2.11. The number of hydrogen-bond acceptors (Lipinski definition) is 4. The van der Waals surface area contributed by atoms with Crippen molar-refractivity contribution in [3.63, 3.8) is 0 Å². The number of carbonyl (C=O) groups excluding carboxylic acids is 1. The summed E-state index contributed by atoms with van der Waals surface area (Å²) in [5.74, 6) is 0.614. The van der Waals surface area contributed by atoms with Gasteiger partial charge in [-0.15, -0.1) is 5.10 Å². The molecule has 6 heteroatoms. The molecular weight excluding hydrogens is 304 g/mol. The predicted octanol–water partition coefficient (Wildman–Crippen LogP) is 2.80. The number of aromatic nitrogens is 3. The van der Waals surface area contributed by atoms with Crippen LogP contribution in [0.2, 0.25) is 0 Å². The van der Waals surface area contributed by atoms with Crippen molar-refractivity contribution in [3.05, 3.63) is 72.1 Å². The van der Waals surface area contributed by atoms with E-state index >= 15 is 0 Å². The van der Waals surface area contributed by atoms with Gasteiger partial charge in [0.15, 0.2) is 0 Å². The Morgan fingerprint density at radius 1 is 1.12 bits per heavy atom. The van der Waals surface area contributed by atoms with Gasteiger partial charge in [0, 0.05) is 5.69 Å². The summed E-state index contributed by atoms with van der Waals surface area (Å²) in [6, 6.07) is 17.1. The maximum absolute atomic E-state index is 12.0. The van der Waals surface area contributed by atoms with Crippen LogP contribution in [-0.4, -0.2) is 20.9 Å². The maximum atomic E-state index is 12.0. The van der Waals surface area contributed by atoms with Crippen molar-refractivity contribution < 1.29 is 9.53 Å². The second kappa shape index (κ2) is 7.41. The second-order valence-electron chi connectivity index (χ2n) is 5.42. The molecule has 6 nitrogen and oxygen atoms in total. The van der Waals surface area contributed by atoms with Crippen LogP contribution in [0.15, 0.2) is 60.8 Å². The van der Waals surface area contributed by atoms with E-state index in [-0.39, 0.29) is 12.5 Å². The van der Waals surface area contributed by atoms with Crippen LogP contribution in [0.25, 0.3) is 0 Å². The van der Waals surface area contributed by atoms with Gasteiger partial charge < -0.3 is 10.1 Å². The van der Waals surface area contributed by atoms with Crippen molar-refractivity contribution in [2.75, 3.05) is 5.32 Å². The molecule has 0 aliphatic rings. The van der Waals surface area contributed by atoms with E-state index in [1.807, 2.05) is 61.5 Å². The first-order valence-electron chi connectivity index (χ1n) is 7.62. The second-order valence-corrected chi connectivity index (χ2v) is 5.42. The van der Waals surface area contributed by atoms with Crippen molar-refractivity contribution in [1.29, 1.82) is 0 Å². The van der Waals surface area contributed by atoms with Gasteiger partial charge in [-0.3, -0.25) is 4.79 Å². The molecule has 0 saturated heterocycles. The molecule has 1 N–H and O–H groups in total. The van der Waals surface area contributed by atoms with Crippen molar-refractivity contribution >= 4 is 11.6 Å². The number of aryl methyl sites for hydroxylation is 1. The Kier molecular flexibility index (Phi) is 4.86. The SMILES string of the molecule is Cc1ccc(NC(=O)Cn2cc(COc3ccccc3)nn2)cc1. The molecule has 0 aliphatic heterocycles. The lowest BCUT2D eigenvalue weighted by Crippen LogP contribution is -2.19. The molecule has 0 radical (unpaired) electrons. The van der Waals surface area contributed by atoms with Crippen LogP contribution in [0.5, 0.6) is 5.75 Å². The molecule has 1 aromatic heterocycles. The largest absolute Gasteiger partial charge is 0.487 e. The third-order valence-electron chi connectivity index (χ3n) is 3.36. The van der Waals surface area contributed by atoms with Crippen LogP contribution in [0.4, 0.5) is 5.69 Å². The van der Waals surface area contributed by atoms with Gasteiger partial charge in [-0.1, -0.05) is 41.1 Å². The van der Waals surface area contributed by atoms with E-state index in [2.05, 4.69) is 15.6 Å². The van der Waals surface area contributed by atoms with Gasteiger partial charge in [0.25, 0.3) is 0 Å². The average Bonchev–Trinajstić information content (AvgIpc) is 3.03. The van der Waals surface area contributed by atoms with E-state index in [1.54, 1.807) is 6.20 Å². The van der Waals surface area contributed by atoms with Gasteiger partial charge in [-0.05, 0) is 31.2 Å². The zero-order valence-corrected chi connectivity index (χ0v) is 13.3. The van der Waals surface area contributed by atoms with Crippen LogP contribution < -0.4 is 10.1 Å². The Bertz CT molecular complexity index is 797. The zero-order chi connectivity index (χ0) is 16.8. The smallest absolute Gasteiger partial charge is 0.246 e. The summed E-state index contributed by atoms with van der Waals surface area (Å²) in [6.07, 6.45) is 1.71. The number of rotatable bonds is 6. The molecule has 0 aliphatic carbocycles. The monoisotopic (exact) mass is 322 g/mol. The quantitative estimate of drug-likeness (QED) is 0.757. The van der Waals surface area contributed by atoms with E-state index in [1.165, 1.54) is 4.68 Å². The molecule has 24 heavy (non-hydrogen) atoms. The van der Waals surface area contributed by atoms with E-state index < -0.39 is 0 Å². The molecule has 3 rings (SSSR count). The number of hydrogen-bond donors (Lipinski definition) is 1. The van der Waals surface area contributed by atoms with Crippen LogP contribution in [-0.2, 0) is 17.9 Å². The Morgan fingerprint density at radius 3 is 2.62 bits per heavy atom. The number of ether oxygens (including phenoxy) is 1. The third-order valence-corrected chi connectivity index (χ3v) is 3.36. The molecule has 0 atom stereocenters. The van der Waals surface area contributed by atoms with Crippen molar-refractivity contribution in [1.82, 2.24) is 15.0 Å². The van der Waals surface area contributed by atoms with Gasteiger partial charge in [-0.25, -0.2) is 4.68 Å². The van der Waals surface area contributed by atoms with E-state index in [4.69, 9.17) is 4.74 Å². The number of anilines is 1. The topological polar surface area (TPSA) is 69.0 Å². The molecule has 0 unspecified atom stereocenters. The van der Waals surface area contributed by atoms with E-state index in [0.717, 1.165) is 17.0 Å². The molecule has 0 saturated carbocycles. The summed E-state index contributed by atoms with van der Waals surface area (Å²) in [7, 11) is 0. The van der Waals surface area contributed by atoms with Crippen LogP contribution >= 0.6 is 0 Å². The zero-order valence-electron chi connectivity index (χ0n) is 13.3. The summed E-state index contributed by atoms with van der Waals surface area (Å²) in [6.45, 7) is 2.41. The Labute approximate surface area is 140 Å². The predicted molar refractivity (Wildman–Crippen MR) is 90.6 cm³/mol. The highest BCUT2D eigenvalue weighted by Gasteiger charge is 2.07. The molecule has 1 amide bonds. The third kappa shape index (κ3) is 4.42. The van der Waals surface area contributed by atoms with Crippen LogP contribution in [0.1, 0.15) is 11.3 Å². The Balaban J connectivity index is 1.51. The lowest BCUT2D eigenvalue weighted by Gasteiger charge is -2.05. The Morgan fingerprint density at radius 2 is 1.88 bits per heavy atom.